The molecular weight excluding hydrogens is 270 g/mol. The molecule has 21 heavy (non-hydrogen) atoms. The third kappa shape index (κ3) is 4.43. The zero-order chi connectivity index (χ0) is 15.7. The van der Waals surface area contributed by atoms with Gasteiger partial charge in [0.1, 0.15) is 11.4 Å². The zero-order valence-corrected chi connectivity index (χ0v) is 13.4. The highest BCUT2D eigenvalue weighted by Crippen LogP contribution is 2.36. The van der Waals surface area contributed by atoms with Crippen LogP contribution < -0.4 is 0 Å². The molecule has 1 aliphatic carbocycles. The summed E-state index contributed by atoms with van der Waals surface area (Å²) in [7, 11) is 0. The molecule has 120 valence electrons. The highest BCUT2D eigenvalue weighted by molar-refractivity contribution is 5.84. The number of ketones is 1. The van der Waals surface area contributed by atoms with E-state index in [1.807, 2.05) is 20.8 Å². The van der Waals surface area contributed by atoms with Gasteiger partial charge in [-0.2, -0.15) is 0 Å². The number of nitrogens with zero attached hydrogens (tertiary/aromatic N) is 1. The molecule has 5 heteroatoms. The number of Topliss-reactive ketones (excluding diaryl/α,β-unsaturated/α-hetero) is 1. The number of piperidine rings is 1. The maximum atomic E-state index is 12.1. The summed E-state index contributed by atoms with van der Waals surface area (Å²) in [5.41, 5.74) is -1.24. The third-order valence-corrected chi connectivity index (χ3v) is 4.34. The number of hydrogen-bond donors (Lipinski definition) is 1. The predicted molar refractivity (Wildman–Crippen MR) is 79.0 cm³/mol. The minimum Gasteiger partial charge on any atom is -0.444 e. The smallest absolute Gasteiger partial charge is 0.410 e. The summed E-state index contributed by atoms with van der Waals surface area (Å²) < 4.78 is 5.37. The third-order valence-electron chi connectivity index (χ3n) is 4.34. The summed E-state index contributed by atoms with van der Waals surface area (Å²) in [6.45, 7) is 6.29. The maximum absolute atomic E-state index is 12.1. The van der Waals surface area contributed by atoms with Crippen molar-refractivity contribution in [3.05, 3.63) is 0 Å². The first-order chi connectivity index (χ1) is 9.69. The fraction of sp³-hybridized carbons (Fsp3) is 0.875. The van der Waals surface area contributed by atoms with Gasteiger partial charge in [0.05, 0.1) is 5.60 Å². The van der Waals surface area contributed by atoms with Gasteiger partial charge in [-0.25, -0.2) is 4.79 Å². The van der Waals surface area contributed by atoms with Crippen LogP contribution in [0.4, 0.5) is 4.79 Å². The molecule has 1 saturated heterocycles. The molecule has 0 spiro atoms. The lowest BCUT2D eigenvalue weighted by Crippen LogP contribution is -2.48. The molecule has 5 nitrogen and oxygen atoms in total. The topological polar surface area (TPSA) is 66.8 Å². The Morgan fingerprint density at radius 1 is 1.38 bits per heavy atom. The van der Waals surface area contributed by atoms with Gasteiger partial charge in [-0.15, -0.1) is 0 Å². The van der Waals surface area contributed by atoms with Gasteiger partial charge < -0.3 is 14.7 Å². The van der Waals surface area contributed by atoms with Gasteiger partial charge in [-0.3, -0.25) is 4.79 Å². The van der Waals surface area contributed by atoms with E-state index in [0.29, 0.717) is 25.9 Å². The van der Waals surface area contributed by atoms with Crippen molar-refractivity contribution in [1.82, 2.24) is 4.90 Å². The molecule has 1 unspecified atom stereocenters. The molecule has 1 atom stereocenters. The number of hydrogen-bond acceptors (Lipinski definition) is 4. The van der Waals surface area contributed by atoms with Gasteiger partial charge in [-0.1, -0.05) is 12.8 Å². The highest BCUT2D eigenvalue weighted by atomic mass is 16.6. The van der Waals surface area contributed by atoms with Gasteiger partial charge in [0.2, 0.25) is 0 Å². The van der Waals surface area contributed by atoms with Crippen molar-refractivity contribution in [3.63, 3.8) is 0 Å². The molecule has 1 saturated carbocycles. The molecule has 1 aliphatic heterocycles. The van der Waals surface area contributed by atoms with Crippen molar-refractivity contribution in [3.8, 4) is 0 Å². The van der Waals surface area contributed by atoms with Crippen LogP contribution in [-0.4, -0.2) is 46.2 Å². The van der Waals surface area contributed by atoms with Crippen LogP contribution in [0, 0.1) is 5.92 Å². The van der Waals surface area contributed by atoms with E-state index in [0.717, 1.165) is 25.7 Å². The van der Waals surface area contributed by atoms with Crippen LogP contribution >= 0.6 is 0 Å². The molecule has 0 radical (unpaired) electrons. The highest BCUT2D eigenvalue weighted by Gasteiger charge is 2.39. The summed E-state index contributed by atoms with van der Waals surface area (Å²) >= 11 is 0. The normalized spacial score (nSPS) is 26.0. The Morgan fingerprint density at radius 3 is 2.57 bits per heavy atom. The van der Waals surface area contributed by atoms with Crippen LogP contribution in [0.2, 0.25) is 0 Å². The predicted octanol–water partition coefficient (Wildman–Crippen LogP) is 2.51. The van der Waals surface area contributed by atoms with Crippen LogP contribution in [0.25, 0.3) is 0 Å². The van der Waals surface area contributed by atoms with Gasteiger partial charge in [0.25, 0.3) is 0 Å². The zero-order valence-electron chi connectivity index (χ0n) is 13.4. The molecular formula is C16H27NO4. The second-order valence-corrected chi connectivity index (χ2v) is 7.48. The number of carbonyl (C=O) groups is 2. The molecule has 0 aromatic heterocycles. The van der Waals surface area contributed by atoms with E-state index in [-0.39, 0.29) is 17.8 Å². The summed E-state index contributed by atoms with van der Waals surface area (Å²) in [4.78, 5) is 25.8. The van der Waals surface area contributed by atoms with Crippen molar-refractivity contribution in [1.29, 1.82) is 0 Å². The minimum atomic E-state index is -0.711. The summed E-state index contributed by atoms with van der Waals surface area (Å²) in [6.07, 6.45) is 4.05. The molecule has 2 fully saturated rings. The van der Waals surface area contributed by atoms with Gasteiger partial charge in [0, 0.05) is 25.4 Å². The Balaban J connectivity index is 1.95. The van der Waals surface area contributed by atoms with Gasteiger partial charge in [-0.05, 0) is 40.0 Å². The van der Waals surface area contributed by atoms with Crippen molar-refractivity contribution in [2.75, 3.05) is 13.1 Å². The Kier molecular flexibility index (Phi) is 4.61. The maximum Gasteiger partial charge on any atom is 0.410 e. The van der Waals surface area contributed by atoms with E-state index in [1.165, 1.54) is 0 Å². The lowest BCUT2D eigenvalue weighted by atomic mass is 9.84. The lowest BCUT2D eigenvalue weighted by Gasteiger charge is -2.36. The van der Waals surface area contributed by atoms with E-state index in [4.69, 9.17) is 4.74 Å². The number of ether oxygens (including phenoxy) is 1. The van der Waals surface area contributed by atoms with Crippen LogP contribution in [0.1, 0.15) is 59.3 Å². The first-order valence-electron chi connectivity index (χ1n) is 7.92. The fourth-order valence-corrected chi connectivity index (χ4v) is 3.27. The average Bonchev–Trinajstić information content (AvgIpc) is 2.76. The molecule has 1 N–H and O–H groups in total. The summed E-state index contributed by atoms with van der Waals surface area (Å²) in [6, 6.07) is 0. The first-order valence-corrected chi connectivity index (χ1v) is 7.92. The van der Waals surface area contributed by atoms with Crippen LogP contribution in [0.3, 0.4) is 0 Å². The fourth-order valence-electron chi connectivity index (χ4n) is 3.27. The standard InChI is InChI=1S/C16H27NO4/c1-15(2,3)21-14(19)17-9-6-13(18)12(11-17)10-16(20)7-4-5-8-16/h12,20H,4-11H2,1-3H3. The Labute approximate surface area is 126 Å². The lowest BCUT2D eigenvalue weighted by molar-refractivity contribution is -0.128. The Hall–Kier alpha value is -1.10. The van der Waals surface area contributed by atoms with Crippen molar-refractivity contribution in [2.24, 2.45) is 5.92 Å². The quantitative estimate of drug-likeness (QED) is 0.850. The molecule has 0 aromatic carbocycles. The van der Waals surface area contributed by atoms with Crippen molar-refractivity contribution >= 4 is 11.9 Å². The monoisotopic (exact) mass is 297 g/mol. The number of rotatable bonds is 2. The van der Waals surface area contributed by atoms with E-state index in [1.54, 1.807) is 4.90 Å². The van der Waals surface area contributed by atoms with Crippen LogP contribution in [0.15, 0.2) is 0 Å². The molecule has 0 bridgehead atoms. The second-order valence-electron chi connectivity index (χ2n) is 7.48. The molecule has 2 aliphatic rings. The Morgan fingerprint density at radius 2 is 2.00 bits per heavy atom. The number of carbonyl (C=O) groups excluding carboxylic acids is 2. The van der Waals surface area contributed by atoms with Crippen molar-refractivity contribution < 1.29 is 19.4 Å². The largest absolute Gasteiger partial charge is 0.444 e. The van der Waals surface area contributed by atoms with Gasteiger partial charge >= 0.3 is 6.09 Å². The van der Waals surface area contributed by atoms with E-state index < -0.39 is 11.2 Å². The van der Waals surface area contributed by atoms with E-state index in [9.17, 15) is 14.7 Å². The minimum absolute atomic E-state index is 0.162. The summed E-state index contributed by atoms with van der Waals surface area (Å²) in [5, 5.41) is 10.5. The Bertz CT molecular complexity index is 407. The van der Waals surface area contributed by atoms with E-state index in [2.05, 4.69) is 0 Å². The number of amides is 1. The molecule has 1 heterocycles. The number of likely N-dealkylation sites (tertiary alicyclic amines) is 1. The average molecular weight is 297 g/mol. The molecule has 0 aromatic rings. The second kappa shape index (κ2) is 5.95. The van der Waals surface area contributed by atoms with Crippen molar-refractivity contribution in [2.45, 2.75) is 70.5 Å². The summed E-state index contributed by atoms with van der Waals surface area (Å²) in [5.74, 6) is -0.0931. The van der Waals surface area contributed by atoms with Crippen LogP contribution in [-0.2, 0) is 9.53 Å². The van der Waals surface area contributed by atoms with E-state index >= 15 is 0 Å². The van der Waals surface area contributed by atoms with Gasteiger partial charge in [0.15, 0.2) is 0 Å². The van der Waals surface area contributed by atoms with Crippen LogP contribution in [0.5, 0.6) is 0 Å². The SMILES string of the molecule is CC(C)(C)OC(=O)N1CCC(=O)C(CC2(O)CCCC2)C1. The molecule has 1 amide bonds. The first kappa shape index (κ1) is 16.3. The number of aliphatic hydroxyl groups is 1. The molecule has 2 rings (SSSR count).